The number of fused-ring (bicyclic) bond motifs is 5. The fourth-order valence-corrected chi connectivity index (χ4v) is 14.4. The normalized spacial score (nSPS) is 37.7. The van der Waals surface area contributed by atoms with Gasteiger partial charge in [0.1, 0.15) is 0 Å². The quantitative estimate of drug-likeness (QED) is 0.100. The van der Waals surface area contributed by atoms with Crippen LogP contribution in [0.3, 0.4) is 0 Å². The summed E-state index contributed by atoms with van der Waals surface area (Å²) in [6.07, 6.45) is -1.68. The standard InChI is InChI=1S/C21H25N9O11P2Se2/c1-7-27-18-11(19(33)28-7)26-6-30(18)21-15-12(31)8(44-21)2-38-42(34,35)40-14-9(3-39-43(36,37)41-15)45-20(13(14)32)29-5-25-10-16(22)23-4-24-17(10)29/h4-6,8-9,12-15,20-21,31-32H,2-3H2,1H3,(H,34,35)(H,36,37)(H2,22,23,24)(H,27,28,33)/t8-,9-,12?,13?,14+,15+,20-,21-/m1/s1. The molecule has 10 atom stereocenters. The van der Waals surface area contributed by atoms with Crippen LogP contribution in [-0.2, 0) is 27.2 Å². The zero-order chi connectivity index (χ0) is 31.8. The second kappa shape index (κ2) is 11.5. The predicted molar refractivity (Wildman–Crippen MR) is 153 cm³/mol. The summed E-state index contributed by atoms with van der Waals surface area (Å²) >= 11 is -1.43. The van der Waals surface area contributed by atoms with Gasteiger partial charge in [0.15, 0.2) is 0 Å². The van der Waals surface area contributed by atoms with Crippen LogP contribution >= 0.6 is 15.6 Å². The molecular formula is C21H25N9O11P2Se2. The summed E-state index contributed by atoms with van der Waals surface area (Å²) in [5.74, 6) is 0.410. The Morgan fingerprint density at radius 1 is 0.889 bits per heavy atom. The van der Waals surface area contributed by atoms with Crippen molar-refractivity contribution in [1.82, 2.24) is 39.0 Å². The predicted octanol–water partition coefficient (Wildman–Crippen LogP) is -1.40. The number of aromatic nitrogens is 8. The van der Waals surface area contributed by atoms with Gasteiger partial charge in [0.2, 0.25) is 0 Å². The van der Waals surface area contributed by atoms with Gasteiger partial charge >= 0.3 is 265 Å². The number of aliphatic hydroxyl groups excluding tert-OH is 2. The molecule has 7 N–H and O–H groups in total. The van der Waals surface area contributed by atoms with Crippen molar-refractivity contribution in [3.8, 4) is 0 Å². The van der Waals surface area contributed by atoms with Crippen molar-refractivity contribution in [2.24, 2.45) is 0 Å². The molecule has 4 aromatic heterocycles. The van der Waals surface area contributed by atoms with Crippen LogP contribution in [0.4, 0.5) is 5.82 Å². The van der Waals surface area contributed by atoms with E-state index in [0.29, 0.717) is 11.5 Å². The van der Waals surface area contributed by atoms with Crippen molar-refractivity contribution >= 4 is 73.7 Å². The monoisotopic (exact) mass is 801 g/mol. The number of H-pyrrole nitrogens is 1. The number of anilines is 1. The molecule has 7 rings (SSSR count). The van der Waals surface area contributed by atoms with Gasteiger partial charge in [0, 0.05) is 0 Å². The van der Waals surface area contributed by atoms with Gasteiger partial charge in [0.05, 0.1) is 0 Å². The number of hydrogen-bond acceptors (Lipinski definition) is 15. The Balaban J connectivity index is 1.21. The Morgan fingerprint density at radius 2 is 1.51 bits per heavy atom. The molecule has 7 heterocycles. The number of phosphoric ester groups is 2. The fourth-order valence-electron chi connectivity index (χ4n) is 5.39. The Labute approximate surface area is 264 Å². The molecular weight excluding hydrogens is 774 g/mol. The van der Waals surface area contributed by atoms with Gasteiger partial charge < -0.3 is 0 Å². The molecule has 3 aliphatic heterocycles. The summed E-state index contributed by atoms with van der Waals surface area (Å²) in [5, 5.41) is 22.5. The summed E-state index contributed by atoms with van der Waals surface area (Å²) < 4.78 is 51.3. The molecule has 20 nitrogen and oxygen atoms in total. The van der Waals surface area contributed by atoms with Crippen LogP contribution in [-0.4, -0.2) is 127 Å². The molecule has 2 bridgehead atoms. The molecule has 0 aromatic carbocycles. The first kappa shape index (κ1) is 31.5. The first-order valence-electron chi connectivity index (χ1n) is 13.2. The Bertz CT molecular complexity index is 1940. The maximum atomic E-state index is 13.3. The van der Waals surface area contributed by atoms with Crippen molar-refractivity contribution in [2.45, 2.75) is 50.9 Å². The number of rotatable bonds is 2. The minimum absolute atomic E-state index is 0.0119. The van der Waals surface area contributed by atoms with Crippen LogP contribution in [0.15, 0.2) is 23.8 Å². The molecule has 0 saturated carbocycles. The third kappa shape index (κ3) is 5.72. The van der Waals surface area contributed by atoms with Gasteiger partial charge in [-0.15, -0.1) is 0 Å². The second-order valence-electron chi connectivity index (χ2n) is 10.3. The minimum atomic E-state index is -4.91. The van der Waals surface area contributed by atoms with E-state index in [2.05, 4.69) is 29.9 Å². The third-order valence-electron chi connectivity index (χ3n) is 7.42. The van der Waals surface area contributed by atoms with E-state index in [4.69, 9.17) is 23.8 Å². The van der Waals surface area contributed by atoms with E-state index in [-0.39, 0.29) is 22.5 Å². The number of imidazole rings is 2. The molecule has 4 aromatic rings. The molecule has 0 spiro atoms. The van der Waals surface area contributed by atoms with Crippen molar-refractivity contribution in [3.63, 3.8) is 0 Å². The van der Waals surface area contributed by atoms with Crippen molar-refractivity contribution in [3.05, 3.63) is 35.2 Å². The van der Waals surface area contributed by atoms with Crippen LogP contribution in [0.1, 0.15) is 15.7 Å². The number of nitrogens with zero attached hydrogens (tertiary/aromatic N) is 7. The van der Waals surface area contributed by atoms with E-state index in [1.54, 1.807) is 6.92 Å². The van der Waals surface area contributed by atoms with Gasteiger partial charge in [-0.2, -0.15) is 0 Å². The third-order valence-corrected chi connectivity index (χ3v) is 15.8. The SMILES string of the molecule is Cc1nc2c(ncn2[C@@H]2[Se][C@@H]3COP(=O)(O)O[C@@H]4C(O)[C@H](n5cnc6c(N)ncnc65)[Se][C@@H]4COP(=O)(O)O[C@H]2C3O)c(=O)[nH]1. The molecule has 45 heavy (non-hydrogen) atoms. The molecule has 3 aliphatic rings. The first-order valence-corrected chi connectivity index (χ1v) is 20.1. The van der Waals surface area contributed by atoms with Gasteiger partial charge in [-0.3, -0.25) is 0 Å². The van der Waals surface area contributed by atoms with E-state index >= 15 is 0 Å². The number of nitrogens with two attached hydrogens (primary N) is 1. The number of aryl methyl sites for hydroxylation is 1. The Hall–Kier alpha value is -2.12. The second-order valence-corrected chi connectivity index (χ2v) is 18.9. The molecule has 24 heteroatoms. The van der Waals surface area contributed by atoms with E-state index in [1.165, 1.54) is 28.1 Å². The molecule has 0 amide bonds. The molecule has 242 valence electrons. The number of hydrogen-bond donors (Lipinski definition) is 6. The van der Waals surface area contributed by atoms with E-state index in [1.807, 2.05) is 0 Å². The number of nitrogens with one attached hydrogen (secondary N) is 1. The van der Waals surface area contributed by atoms with Crippen molar-refractivity contribution < 1.29 is 47.2 Å². The fraction of sp³-hybridized carbons (Fsp3) is 0.524. The van der Waals surface area contributed by atoms with Crippen LogP contribution < -0.4 is 11.3 Å². The van der Waals surface area contributed by atoms with E-state index < -0.39 is 108 Å². The Morgan fingerprint density at radius 3 is 2.24 bits per heavy atom. The van der Waals surface area contributed by atoms with Crippen LogP contribution in [0.5, 0.6) is 0 Å². The molecule has 0 radical (unpaired) electrons. The number of phosphoric acid groups is 2. The average molecular weight is 799 g/mol. The summed E-state index contributed by atoms with van der Waals surface area (Å²) in [4.78, 5) is 54.0. The zero-order valence-electron chi connectivity index (χ0n) is 22.8. The first-order chi connectivity index (χ1) is 21.3. The summed E-state index contributed by atoms with van der Waals surface area (Å²) in [6.45, 7) is 0.552. The molecule has 3 fully saturated rings. The average Bonchev–Trinajstić information content (AvgIpc) is 3.72. The summed E-state index contributed by atoms with van der Waals surface area (Å²) in [5.41, 5.74) is 6.16. The van der Waals surface area contributed by atoms with E-state index in [0.717, 1.165) is 0 Å². The zero-order valence-corrected chi connectivity index (χ0v) is 28.0. The van der Waals surface area contributed by atoms with E-state index in [9.17, 15) is 33.9 Å². The van der Waals surface area contributed by atoms with Crippen molar-refractivity contribution in [1.29, 1.82) is 0 Å². The maximum absolute atomic E-state index is 13.3. The number of aliphatic hydroxyl groups is 2. The Kier molecular flexibility index (Phi) is 8.07. The van der Waals surface area contributed by atoms with Gasteiger partial charge in [-0.1, -0.05) is 0 Å². The summed E-state index contributed by atoms with van der Waals surface area (Å²) in [7, 11) is -9.78. The molecule has 3 saturated heterocycles. The van der Waals surface area contributed by atoms with Crippen LogP contribution in [0.25, 0.3) is 22.3 Å². The van der Waals surface area contributed by atoms with Crippen molar-refractivity contribution in [2.75, 3.05) is 18.9 Å². The number of nitrogen functional groups attached to an aromatic ring is 1. The van der Waals surface area contributed by atoms with Gasteiger partial charge in [0.25, 0.3) is 0 Å². The van der Waals surface area contributed by atoms with Gasteiger partial charge in [-0.05, 0) is 0 Å². The van der Waals surface area contributed by atoms with Crippen LogP contribution in [0.2, 0.25) is 9.63 Å². The van der Waals surface area contributed by atoms with Crippen LogP contribution in [0, 0.1) is 6.92 Å². The molecule has 0 aliphatic carbocycles. The molecule has 4 unspecified atom stereocenters. The number of aromatic amines is 1. The summed E-state index contributed by atoms with van der Waals surface area (Å²) in [6, 6.07) is 0. The van der Waals surface area contributed by atoms with Gasteiger partial charge in [-0.25, -0.2) is 0 Å². The topological polar surface area (TPSA) is 285 Å².